The second kappa shape index (κ2) is 6.75. The standard InChI is InChI=1S/C16H30N2O3S/c1-2-21-15-13-14(16(15)7-4-3-5-8-16)17-9-11-18-10-6-12-22(18,19)20/h14-15,17H,2-13H2,1H3/t14-,15-/m0/s1. The van der Waals surface area contributed by atoms with Gasteiger partial charge in [-0.05, 0) is 32.6 Å². The van der Waals surface area contributed by atoms with Gasteiger partial charge in [0.15, 0.2) is 0 Å². The molecule has 5 nitrogen and oxygen atoms in total. The minimum absolute atomic E-state index is 0.318. The highest BCUT2D eigenvalue weighted by Gasteiger charge is 2.55. The van der Waals surface area contributed by atoms with Gasteiger partial charge in [0.05, 0.1) is 11.9 Å². The molecule has 128 valence electrons. The summed E-state index contributed by atoms with van der Waals surface area (Å²) in [5, 5.41) is 3.65. The average Bonchev–Trinajstić information content (AvgIpc) is 2.85. The normalized spacial score (nSPS) is 33.9. The summed E-state index contributed by atoms with van der Waals surface area (Å²) in [6, 6.07) is 0.509. The second-order valence-electron chi connectivity index (χ2n) is 7.05. The van der Waals surface area contributed by atoms with E-state index in [0.29, 0.717) is 36.4 Å². The lowest BCUT2D eigenvalue weighted by atomic mass is 9.55. The smallest absolute Gasteiger partial charge is 0.214 e. The van der Waals surface area contributed by atoms with Crippen LogP contribution in [0.25, 0.3) is 0 Å². The monoisotopic (exact) mass is 330 g/mol. The van der Waals surface area contributed by atoms with Crippen LogP contribution in [0.2, 0.25) is 0 Å². The number of rotatable bonds is 6. The van der Waals surface area contributed by atoms with Crippen LogP contribution in [0.15, 0.2) is 0 Å². The Morgan fingerprint density at radius 3 is 2.64 bits per heavy atom. The third-order valence-electron chi connectivity index (χ3n) is 5.89. The Kier molecular flexibility index (Phi) is 5.12. The Labute approximate surface area is 134 Å². The van der Waals surface area contributed by atoms with Gasteiger partial charge in [0.25, 0.3) is 0 Å². The van der Waals surface area contributed by atoms with Crippen molar-refractivity contribution in [3.05, 3.63) is 0 Å². The Hall–Kier alpha value is -0.170. The van der Waals surface area contributed by atoms with Crippen molar-refractivity contribution in [1.82, 2.24) is 9.62 Å². The molecule has 0 amide bonds. The maximum atomic E-state index is 11.8. The second-order valence-corrected chi connectivity index (χ2v) is 9.14. The summed E-state index contributed by atoms with van der Waals surface area (Å²) in [6.07, 6.45) is 8.76. The van der Waals surface area contributed by atoms with Crippen molar-refractivity contribution in [3.8, 4) is 0 Å². The van der Waals surface area contributed by atoms with Gasteiger partial charge in [0.2, 0.25) is 10.0 Å². The first kappa shape index (κ1) is 16.7. The van der Waals surface area contributed by atoms with E-state index in [1.165, 1.54) is 32.1 Å². The molecule has 0 bridgehead atoms. The van der Waals surface area contributed by atoms with E-state index in [1.54, 1.807) is 4.31 Å². The van der Waals surface area contributed by atoms with Crippen molar-refractivity contribution in [3.63, 3.8) is 0 Å². The highest BCUT2D eigenvalue weighted by atomic mass is 32.2. The fourth-order valence-electron chi connectivity index (χ4n) is 4.66. The van der Waals surface area contributed by atoms with Crippen molar-refractivity contribution >= 4 is 10.0 Å². The largest absolute Gasteiger partial charge is 0.378 e. The van der Waals surface area contributed by atoms with Crippen LogP contribution in [0.1, 0.15) is 51.9 Å². The van der Waals surface area contributed by atoms with Crippen molar-refractivity contribution in [2.75, 3.05) is 32.0 Å². The molecule has 1 saturated heterocycles. The van der Waals surface area contributed by atoms with Gasteiger partial charge in [0.1, 0.15) is 0 Å². The molecule has 1 heterocycles. The van der Waals surface area contributed by atoms with Gasteiger partial charge in [-0.3, -0.25) is 0 Å². The predicted octanol–water partition coefficient (Wildman–Crippen LogP) is 1.74. The van der Waals surface area contributed by atoms with Crippen LogP contribution < -0.4 is 5.32 Å². The quantitative estimate of drug-likeness (QED) is 0.806. The van der Waals surface area contributed by atoms with E-state index in [2.05, 4.69) is 12.2 Å². The minimum Gasteiger partial charge on any atom is -0.378 e. The van der Waals surface area contributed by atoms with Crippen LogP contribution in [-0.2, 0) is 14.8 Å². The van der Waals surface area contributed by atoms with Crippen LogP contribution in [0, 0.1) is 5.41 Å². The predicted molar refractivity (Wildman–Crippen MR) is 87.3 cm³/mol. The van der Waals surface area contributed by atoms with Crippen molar-refractivity contribution in [2.45, 2.75) is 64.0 Å². The van der Waals surface area contributed by atoms with Crippen LogP contribution >= 0.6 is 0 Å². The molecule has 3 aliphatic rings. The van der Waals surface area contributed by atoms with E-state index in [-0.39, 0.29) is 0 Å². The molecule has 0 aromatic carbocycles. The van der Waals surface area contributed by atoms with Gasteiger partial charge < -0.3 is 10.1 Å². The average molecular weight is 330 g/mol. The molecule has 3 rings (SSSR count). The lowest BCUT2D eigenvalue weighted by Gasteiger charge is -2.58. The molecule has 2 saturated carbocycles. The van der Waals surface area contributed by atoms with E-state index >= 15 is 0 Å². The molecule has 1 aliphatic heterocycles. The number of nitrogens with one attached hydrogen (secondary N) is 1. The molecule has 3 fully saturated rings. The topological polar surface area (TPSA) is 58.6 Å². The number of hydrogen-bond donors (Lipinski definition) is 1. The minimum atomic E-state index is -2.96. The van der Waals surface area contributed by atoms with Crippen LogP contribution in [0.5, 0.6) is 0 Å². The summed E-state index contributed by atoms with van der Waals surface area (Å²) >= 11 is 0. The van der Waals surface area contributed by atoms with Gasteiger partial charge in [-0.25, -0.2) is 12.7 Å². The molecule has 2 atom stereocenters. The summed E-state index contributed by atoms with van der Waals surface area (Å²) in [6.45, 7) is 4.96. The summed E-state index contributed by atoms with van der Waals surface area (Å²) < 4.78 is 31.3. The van der Waals surface area contributed by atoms with Crippen LogP contribution in [-0.4, -0.2) is 56.9 Å². The summed E-state index contributed by atoms with van der Waals surface area (Å²) in [7, 11) is -2.96. The lowest BCUT2D eigenvalue weighted by Crippen LogP contribution is -2.65. The zero-order valence-electron chi connectivity index (χ0n) is 13.7. The molecule has 1 N–H and O–H groups in total. The van der Waals surface area contributed by atoms with E-state index in [1.807, 2.05) is 0 Å². The van der Waals surface area contributed by atoms with Gasteiger partial charge in [-0.2, -0.15) is 0 Å². The molecule has 2 aliphatic carbocycles. The summed E-state index contributed by atoms with van der Waals surface area (Å²) in [5.74, 6) is 0.326. The lowest BCUT2D eigenvalue weighted by molar-refractivity contribution is -0.149. The fraction of sp³-hybridized carbons (Fsp3) is 1.00. The number of hydrogen-bond acceptors (Lipinski definition) is 4. The van der Waals surface area contributed by atoms with Crippen LogP contribution in [0.3, 0.4) is 0 Å². The van der Waals surface area contributed by atoms with Crippen LogP contribution in [0.4, 0.5) is 0 Å². The molecular formula is C16H30N2O3S. The molecule has 0 aromatic rings. The molecule has 0 unspecified atom stereocenters. The van der Waals surface area contributed by atoms with E-state index < -0.39 is 10.0 Å². The molecule has 1 spiro atoms. The van der Waals surface area contributed by atoms with Crippen molar-refractivity contribution < 1.29 is 13.2 Å². The maximum Gasteiger partial charge on any atom is 0.214 e. The number of sulfonamides is 1. The van der Waals surface area contributed by atoms with Gasteiger partial charge in [0, 0.05) is 37.7 Å². The zero-order valence-corrected chi connectivity index (χ0v) is 14.5. The first-order chi connectivity index (χ1) is 10.6. The van der Waals surface area contributed by atoms with Gasteiger partial charge in [-0.1, -0.05) is 19.3 Å². The third kappa shape index (κ3) is 3.07. The van der Waals surface area contributed by atoms with E-state index in [0.717, 1.165) is 26.0 Å². The van der Waals surface area contributed by atoms with E-state index in [9.17, 15) is 8.42 Å². The first-order valence-electron chi connectivity index (χ1n) is 8.91. The number of ether oxygens (including phenoxy) is 1. The molecule has 6 heteroatoms. The van der Waals surface area contributed by atoms with E-state index in [4.69, 9.17) is 4.74 Å². The Morgan fingerprint density at radius 1 is 1.23 bits per heavy atom. The molecular weight excluding hydrogens is 300 g/mol. The zero-order chi connectivity index (χ0) is 15.6. The highest BCUT2D eigenvalue weighted by molar-refractivity contribution is 7.89. The van der Waals surface area contributed by atoms with Crippen molar-refractivity contribution in [2.24, 2.45) is 5.41 Å². The highest BCUT2D eigenvalue weighted by Crippen LogP contribution is 2.53. The number of nitrogens with zero attached hydrogens (tertiary/aromatic N) is 1. The Balaban J connectivity index is 1.52. The first-order valence-corrected chi connectivity index (χ1v) is 10.5. The molecule has 0 radical (unpaired) electrons. The van der Waals surface area contributed by atoms with Gasteiger partial charge >= 0.3 is 0 Å². The molecule has 22 heavy (non-hydrogen) atoms. The molecule has 0 aromatic heterocycles. The maximum absolute atomic E-state index is 11.8. The fourth-order valence-corrected chi connectivity index (χ4v) is 6.18. The van der Waals surface area contributed by atoms with Crippen molar-refractivity contribution in [1.29, 1.82) is 0 Å². The summed E-state index contributed by atoms with van der Waals surface area (Å²) in [5.41, 5.74) is 0.318. The Morgan fingerprint density at radius 2 is 2.00 bits per heavy atom. The summed E-state index contributed by atoms with van der Waals surface area (Å²) in [4.78, 5) is 0. The SMILES string of the molecule is CCO[C@H]1C[C@H](NCCN2CCCS2(=O)=O)C12CCCCC2. The Bertz CT molecular complexity index is 474. The third-order valence-corrected chi connectivity index (χ3v) is 7.85. The van der Waals surface area contributed by atoms with Gasteiger partial charge in [-0.15, -0.1) is 0 Å².